The van der Waals surface area contributed by atoms with E-state index in [0.29, 0.717) is 5.92 Å². The molecule has 2 N–H and O–H groups in total. The van der Waals surface area contributed by atoms with Crippen LogP contribution in [0.3, 0.4) is 0 Å². The smallest absolute Gasteiger partial charge is 0.291 e. The highest BCUT2D eigenvalue weighted by Gasteiger charge is 2.29. The molecule has 0 atom stereocenters. The van der Waals surface area contributed by atoms with Crippen LogP contribution in [0.1, 0.15) is 46.3 Å². The Hall–Kier alpha value is -2.17. The minimum Gasteiger partial charge on any atom is -0.346 e. The Balaban J connectivity index is 1.43. The first-order valence-electron chi connectivity index (χ1n) is 7.09. The van der Waals surface area contributed by atoms with Crippen molar-refractivity contribution >= 4 is 5.91 Å². The van der Waals surface area contributed by atoms with Crippen LogP contribution in [0.2, 0.25) is 0 Å². The Morgan fingerprint density at radius 3 is 2.55 bits per heavy atom. The van der Waals surface area contributed by atoms with Crippen LogP contribution in [0.25, 0.3) is 0 Å². The average molecular weight is 268 g/mol. The third kappa shape index (κ3) is 2.09. The van der Waals surface area contributed by atoms with Gasteiger partial charge in [0.2, 0.25) is 5.82 Å². The van der Waals surface area contributed by atoms with Gasteiger partial charge in [0.25, 0.3) is 5.91 Å². The van der Waals surface area contributed by atoms with Crippen molar-refractivity contribution in [3.05, 3.63) is 47.0 Å². The second-order valence-electron chi connectivity index (χ2n) is 5.67. The summed E-state index contributed by atoms with van der Waals surface area (Å²) in [5.74, 6) is 1.43. The zero-order chi connectivity index (χ0) is 13.5. The van der Waals surface area contributed by atoms with E-state index in [1.807, 2.05) is 12.1 Å². The first-order valence-corrected chi connectivity index (χ1v) is 7.09. The normalized spacial score (nSPS) is 18.0. The zero-order valence-corrected chi connectivity index (χ0v) is 11.1. The lowest BCUT2D eigenvalue weighted by Crippen LogP contribution is -2.35. The first kappa shape index (κ1) is 11.6. The van der Waals surface area contributed by atoms with Gasteiger partial charge < -0.3 is 5.32 Å². The van der Waals surface area contributed by atoms with Gasteiger partial charge in [-0.1, -0.05) is 24.3 Å². The van der Waals surface area contributed by atoms with Crippen LogP contribution >= 0.6 is 0 Å². The molecule has 0 radical (unpaired) electrons. The van der Waals surface area contributed by atoms with E-state index >= 15 is 0 Å². The van der Waals surface area contributed by atoms with Crippen LogP contribution in [-0.4, -0.2) is 27.1 Å². The van der Waals surface area contributed by atoms with Crippen LogP contribution in [0.15, 0.2) is 24.3 Å². The quantitative estimate of drug-likeness (QED) is 0.888. The predicted octanol–water partition coefficient (Wildman–Crippen LogP) is 1.58. The Morgan fingerprint density at radius 2 is 1.90 bits per heavy atom. The molecule has 0 saturated heterocycles. The molecule has 5 heteroatoms. The van der Waals surface area contributed by atoms with E-state index in [-0.39, 0.29) is 17.8 Å². The van der Waals surface area contributed by atoms with Crippen LogP contribution < -0.4 is 5.32 Å². The van der Waals surface area contributed by atoms with E-state index in [0.717, 1.165) is 31.5 Å². The molecule has 2 aliphatic rings. The minimum absolute atomic E-state index is 0.155. The van der Waals surface area contributed by atoms with Gasteiger partial charge in [0.15, 0.2) is 0 Å². The summed E-state index contributed by atoms with van der Waals surface area (Å²) >= 11 is 0. The summed E-state index contributed by atoms with van der Waals surface area (Å²) in [5.41, 5.74) is 2.65. The molecular formula is C15H16N4O. The van der Waals surface area contributed by atoms with Gasteiger partial charge in [0.05, 0.1) is 0 Å². The van der Waals surface area contributed by atoms with Gasteiger partial charge in [0, 0.05) is 12.0 Å². The van der Waals surface area contributed by atoms with E-state index in [1.165, 1.54) is 11.1 Å². The number of aromatic amines is 1. The van der Waals surface area contributed by atoms with E-state index in [2.05, 4.69) is 32.6 Å². The van der Waals surface area contributed by atoms with Crippen molar-refractivity contribution in [2.24, 2.45) is 0 Å². The molecule has 4 rings (SSSR count). The number of aromatic nitrogens is 3. The molecule has 1 aromatic heterocycles. The summed E-state index contributed by atoms with van der Waals surface area (Å²) < 4.78 is 0. The molecular weight excluding hydrogens is 252 g/mol. The molecule has 5 nitrogen and oxygen atoms in total. The second kappa shape index (κ2) is 4.44. The SMILES string of the molecule is O=C(NC1Cc2ccccc2C1)c1n[nH]c(C2CC2)n1. The fraction of sp³-hybridized carbons (Fsp3) is 0.400. The lowest BCUT2D eigenvalue weighted by Gasteiger charge is -2.09. The minimum atomic E-state index is -0.175. The summed E-state index contributed by atoms with van der Waals surface area (Å²) in [5, 5.41) is 9.92. The van der Waals surface area contributed by atoms with Gasteiger partial charge in [-0.05, 0) is 36.8 Å². The summed E-state index contributed by atoms with van der Waals surface area (Å²) in [6.07, 6.45) is 4.08. The molecule has 1 aromatic carbocycles. The topological polar surface area (TPSA) is 70.7 Å². The van der Waals surface area contributed by atoms with Crippen LogP contribution in [-0.2, 0) is 12.8 Å². The second-order valence-corrected chi connectivity index (χ2v) is 5.67. The zero-order valence-electron chi connectivity index (χ0n) is 11.1. The van der Waals surface area contributed by atoms with E-state index in [4.69, 9.17) is 0 Å². The fourth-order valence-electron chi connectivity index (χ4n) is 2.83. The number of rotatable bonds is 3. The number of hydrogen-bond acceptors (Lipinski definition) is 3. The number of amides is 1. The average Bonchev–Trinajstić information content (AvgIpc) is 3.03. The third-order valence-corrected chi connectivity index (χ3v) is 4.06. The molecule has 1 saturated carbocycles. The standard InChI is InChI=1S/C15H16N4O/c20-15(14-17-13(18-19-14)9-5-6-9)16-12-7-10-3-1-2-4-11(10)8-12/h1-4,9,12H,5-8H2,(H,16,20)(H,17,18,19). The Labute approximate surface area is 116 Å². The molecule has 20 heavy (non-hydrogen) atoms. The van der Waals surface area contributed by atoms with Crippen LogP contribution in [0.5, 0.6) is 0 Å². The van der Waals surface area contributed by atoms with Gasteiger partial charge in [-0.25, -0.2) is 4.98 Å². The molecule has 2 aromatic rings. The molecule has 1 fully saturated rings. The maximum atomic E-state index is 12.2. The monoisotopic (exact) mass is 268 g/mol. The molecule has 102 valence electrons. The summed E-state index contributed by atoms with van der Waals surface area (Å²) in [4.78, 5) is 16.4. The lowest BCUT2D eigenvalue weighted by molar-refractivity contribution is 0.0928. The number of H-pyrrole nitrogens is 1. The number of hydrogen-bond donors (Lipinski definition) is 2. The number of nitrogens with one attached hydrogen (secondary N) is 2. The van der Waals surface area contributed by atoms with E-state index in [9.17, 15) is 4.79 Å². The fourth-order valence-corrected chi connectivity index (χ4v) is 2.83. The summed E-state index contributed by atoms with van der Waals surface area (Å²) in [6, 6.07) is 8.49. The maximum absolute atomic E-state index is 12.2. The lowest BCUT2D eigenvalue weighted by atomic mass is 10.1. The predicted molar refractivity (Wildman–Crippen MR) is 73.5 cm³/mol. The Kier molecular flexibility index (Phi) is 2.58. The van der Waals surface area contributed by atoms with Crippen molar-refractivity contribution < 1.29 is 4.79 Å². The molecule has 0 spiro atoms. The molecule has 0 bridgehead atoms. The number of fused-ring (bicyclic) bond motifs is 1. The number of carbonyl (C=O) groups is 1. The van der Waals surface area contributed by atoms with Gasteiger partial charge in [-0.3, -0.25) is 9.89 Å². The number of benzene rings is 1. The van der Waals surface area contributed by atoms with Crippen LogP contribution in [0, 0.1) is 0 Å². The maximum Gasteiger partial charge on any atom is 0.291 e. The van der Waals surface area contributed by atoms with E-state index in [1.54, 1.807) is 0 Å². The van der Waals surface area contributed by atoms with Crippen molar-refractivity contribution in [2.75, 3.05) is 0 Å². The molecule has 0 aliphatic heterocycles. The van der Waals surface area contributed by atoms with E-state index < -0.39 is 0 Å². The third-order valence-electron chi connectivity index (χ3n) is 4.06. The van der Waals surface area contributed by atoms with Crippen molar-refractivity contribution in [3.63, 3.8) is 0 Å². The Bertz CT molecular complexity index is 634. The van der Waals surface area contributed by atoms with Gasteiger partial charge in [0.1, 0.15) is 5.82 Å². The Morgan fingerprint density at radius 1 is 1.20 bits per heavy atom. The summed E-state index contributed by atoms with van der Waals surface area (Å²) in [6.45, 7) is 0. The van der Waals surface area contributed by atoms with Crippen molar-refractivity contribution in [1.82, 2.24) is 20.5 Å². The van der Waals surface area contributed by atoms with Gasteiger partial charge >= 0.3 is 0 Å². The van der Waals surface area contributed by atoms with Crippen molar-refractivity contribution in [3.8, 4) is 0 Å². The molecule has 0 unspecified atom stereocenters. The van der Waals surface area contributed by atoms with Crippen molar-refractivity contribution in [2.45, 2.75) is 37.6 Å². The molecule has 1 heterocycles. The van der Waals surface area contributed by atoms with Crippen LogP contribution in [0.4, 0.5) is 0 Å². The number of nitrogens with zero attached hydrogens (tertiary/aromatic N) is 2. The number of carbonyl (C=O) groups excluding carboxylic acids is 1. The largest absolute Gasteiger partial charge is 0.346 e. The summed E-state index contributed by atoms with van der Waals surface area (Å²) in [7, 11) is 0. The van der Waals surface area contributed by atoms with Crippen molar-refractivity contribution in [1.29, 1.82) is 0 Å². The van der Waals surface area contributed by atoms with Gasteiger partial charge in [-0.2, -0.15) is 0 Å². The highest BCUT2D eigenvalue weighted by Crippen LogP contribution is 2.37. The van der Waals surface area contributed by atoms with Gasteiger partial charge in [-0.15, -0.1) is 5.10 Å². The molecule has 1 amide bonds. The first-order chi connectivity index (χ1) is 9.79. The highest BCUT2D eigenvalue weighted by atomic mass is 16.2. The molecule has 2 aliphatic carbocycles. The highest BCUT2D eigenvalue weighted by molar-refractivity contribution is 5.90.